The first-order valence-electron chi connectivity index (χ1n) is 8.81. The molecule has 27 heavy (non-hydrogen) atoms. The maximum Gasteiger partial charge on any atom is 0.246 e. The van der Waals surface area contributed by atoms with E-state index in [1.165, 1.54) is 18.2 Å². The van der Waals surface area contributed by atoms with Crippen LogP contribution in [0.4, 0.5) is 10.1 Å². The number of anilines is 1. The molecule has 0 heterocycles. The fourth-order valence-corrected chi connectivity index (χ4v) is 4.41. The largest absolute Gasteiger partial charge is 0.325 e. The van der Waals surface area contributed by atoms with Gasteiger partial charge in [0.05, 0.1) is 6.54 Å². The van der Waals surface area contributed by atoms with E-state index in [0.29, 0.717) is 12.1 Å². The molecule has 1 N–H and O–H groups in total. The highest BCUT2D eigenvalue weighted by Crippen LogP contribution is 2.23. The SMILES string of the molecule is CCC(C)N(CC(=O)Nc1cccc(C)c1C)S(=O)(=O)c1ccccc1F. The minimum absolute atomic E-state index is 0.390. The van der Waals surface area contributed by atoms with Crippen molar-refractivity contribution >= 4 is 21.6 Å². The second-order valence-corrected chi connectivity index (χ2v) is 8.39. The van der Waals surface area contributed by atoms with Crippen LogP contribution in [0, 0.1) is 19.7 Å². The molecular formula is C20H25FN2O3S. The monoisotopic (exact) mass is 392 g/mol. The molecule has 7 heteroatoms. The molecule has 1 unspecified atom stereocenters. The average molecular weight is 392 g/mol. The molecule has 5 nitrogen and oxygen atoms in total. The quantitative estimate of drug-likeness (QED) is 0.778. The number of nitrogens with one attached hydrogen (secondary N) is 1. The number of nitrogens with zero attached hydrogens (tertiary/aromatic N) is 1. The van der Waals surface area contributed by atoms with Crippen LogP contribution in [0.25, 0.3) is 0 Å². The maximum absolute atomic E-state index is 14.1. The van der Waals surface area contributed by atoms with Crippen molar-refractivity contribution in [1.82, 2.24) is 4.31 Å². The number of hydrogen-bond donors (Lipinski definition) is 1. The van der Waals surface area contributed by atoms with Gasteiger partial charge in [0, 0.05) is 11.7 Å². The highest BCUT2D eigenvalue weighted by atomic mass is 32.2. The third-order valence-corrected chi connectivity index (χ3v) is 6.68. The molecule has 2 aromatic rings. The molecule has 0 saturated carbocycles. The zero-order valence-electron chi connectivity index (χ0n) is 16.0. The van der Waals surface area contributed by atoms with Gasteiger partial charge in [0.2, 0.25) is 15.9 Å². The predicted octanol–water partition coefficient (Wildman–Crippen LogP) is 3.87. The Kier molecular flexibility index (Phi) is 6.73. The molecule has 0 aliphatic carbocycles. The molecule has 0 spiro atoms. The van der Waals surface area contributed by atoms with Crippen molar-refractivity contribution in [3.05, 3.63) is 59.4 Å². The highest BCUT2D eigenvalue weighted by molar-refractivity contribution is 7.89. The second kappa shape index (κ2) is 8.63. The van der Waals surface area contributed by atoms with E-state index in [0.717, 1.165) is 21.5 Å². The summed E-state index contributed by atoms with van der Waals surface area (Å²) in [5.41, 5.74) is 2.57. The number of amides is 1. The van der Waals surface area contributed by atoms with Gasteiger partial charge in [-0.15, -0.1) is 0 Å². The minimum Gasteiger partial charge on any atom is -0.325 e. The molecule has 0 bridgehead atoms. The number of carbonyl (C=O) groups is 1. The number of aryl methyl sites for hydroxylation is 1. The summed E-state index contributed by atoms with van der Waals surface area (Å²) in [7, 11) is -4.15. The molecule has 2 rings (SSSR count). The fraction of sp³-hybridized carbons (Fsp3) is 0.350. The number of halogens is 1. The van der Waals surface area contributed by atoms with Crippen LogP contribution >= 0.6 is 0 Å². The summed E-state index contributed by atoms with van der Waals surface area (Å²) in [6.07, 6.45) is 0.491. The van der Waals surface area contributed by atoms with Gasteiger partial charge in [0.1, 0.15) is 10.7 Å². The van der Waals surface area contributed by atoms with Crippen LogP contribution in [0.5, 0.6) is 0 Å². The third-order valence-electron chi connectivity index (χ3n) is 4.68. The molecule has 1 amide bonds. The lowest BCUT2D eigenvalue weighted by atomic mass is 10.1. The van der Waals surface area contributed by atoms with E-state index in [9.17, 15) is 17.6 Å². The summed E-state index contributed by atoms with van der Waals surface area (Å²) in [5, 5.41) is 2.76. The van der Waals surface area contributed by atoms with E-state index < -0.39 is 32.7 Å². The highest BCUT2D eigenvalue weighted by Gasteiger charge is 2.32. The van der Waals surface area contributed by atoms with E-state index in [2.05, 4.69) is 5.32 Å². The van der Waals surface area contributed by atoms with Crippen molar-refractivity contribution in [1.29, 1.82) is 0 Å². The molecule has 0 saturated heterocycles. The molecule has 0 radical (unpaired) electrons. The molecule has 0 aliphatic rings. The van der Waals surface area contributed by atoms with Crippen LogP contribution in [0.1, 0.15) is 31.4 Å². The van der Waals surface area contributed by atoms with Crippen molar-refractivity contribution in [2.75, 3.05) is 11.9 Å². The first-order valence-corrected chi connectivity index (χ1v) is 10.2. The maximum atomic E-state index is 14.1. The van der Waals surface area contributed by atoms with E-state index >= 15 is 0 Å². The Morgan fingerprint density at radius 3 is 2.44 bits per heavy atom. The minimum atomic E-state index is -4.15. The molecule has 0 fully saturated rings. The van der Waals surface area contributed by atoms with Gasteiger partial charge < -0.3 is 5.32 Å². The molecule has 1 atom stereocenters. The number of sulfonamides is 1. The average Bonchev–Trinajstić information content (AvgIpc) is 2.63. The summed E-state index contributed by atoms with van der Waals surface area (Å²) < 4.78 is 41.1. The number of hydrogen-bond acceptors (Lipinski definition) is 3. The van der Waals surface area contributed by atoms with Gasteiger partial charge in [0.25, 0.3) is 0 Å². The van der Waals surface area contributed by atoms with Crippen LogP contribution < -0.4 is 5.32 Å². The summed E-state index contributed by atoms with van der Waals surface area (Å²) in [6.45, 7) is 6.94. The van der Waals surface area contributed by atoms with Crippen LogP contribution in [0.2, 0.25) is 0 Å². The van der Waals surface area contributed by atoms with Crippen molar-refractivity contribution in [3.63, 3.8) is 0 Å². The molecular weight excluding hydrogens is 367 g/mol. The standard InChI is InChI=1S/C20H25FN2O3S/c1-5-15(3)23(27(25,26)19-12-7-6-10-17(19)21)13-20(24)22-18-11-8-9-14(2)16(18)4/h6-12,15H,5,13H2,1-4H3,(H,22,24). The van der Waals surface area contributed by atoms with Gasteiger partial charge in [-0.1, -0.05) is 31.2 Å². The Morgan fingerprint density at radius 1 is 1.15 bits per heavy atom. The van der Waals surface area contributed by atoms with E-state index in [1.54, 1.807) is 13.0 Å². The number of carbonyl (C=O) groups excluding carboxylic acids is 1. The van der Waals surface area contributed by atoms with Crippen molar-refractivity contribution in [3.8, 4) is 0 Å². The van der Waals surface area contributed by atoms with Crippen LogP contribution in [-0.2, 0) is 14.8 Å². The summed E-state index contributed by atoms with van der Waals surface area (Å²) >= 11 is 0. The first-order chi connectivity index (χ1) is 12.7. The Labute approximate surface area is 160 Å². The lowest BCUT2D eigenvalue weighted by molar-refractivity contribution is -0.116. The Balaban J connectivity index is 2.31. The van der Waals surface area contributed by atoms with Crippen molar-refractivity contribution in [2.45, 2.75) is 45.1 Å². The van der Waals surface area contributed by atoms with E-state index in [-0.39, 0.29) is 6.54 Å². The van der Waals surface area contributed by atoms with Gasteiger partial charge in [0.15, 0.2) is 0 Å². The van der Waals surface area contributed by atoms with Gasteiger partial charge in [-0.2, -0.15) is 4.31 Å². The van der Waals surface area contributed by atoms with Gasteiger partial charge in [-0.3, -0.25) is 4.79 Å². The van der Waals surface area contributed by atoms with Crippen molar-refractivity contribution in [2.24, 2.45) is 0 Å². The smallest absolute Gasteiger partial charge is 0.246 e. The number of benzene rings is 2. The zero-order valence-corrected chi connectivity index (χ0v) is 16.8. The Morgan fingerprint density at radius 2 is 1.81 bits per heavy atom. The summed E-state index contributed by atoms with van der Waals surface area (Å²) in [5.74, 6) is -1.30. The number of rotatable bonds is 7. The van der Waals surface area contributed by atoms with Gasteiger partial charge in [-0.25, -0.2) is 12.8 Å². The van der Waals surface area contributed by atoms with Crippen LogP contribution in [-0.4, -0.2) is 31.2 Å². The summed E-state index contributed by atoms with van der Waals surface area (Å²) in [4.78, 5) is 12.1. The lowest BCUT2D eigenvalue weighted by Crippen LogP contribution is -2.43. The topological polar surface area (TPSA) is 66.5 Å². The second-order valence-electron chi connectivity index (χ2n) is 6.53. The molecule has 0 aliphatic heterocycles. The van der Waals surface area contributed by atoms with Crippen LogP contribution in [0.15, 0.2) is 47.4 Å². The van der Waals surface area contributed by atoms with Gasteiger partial charge >= 0.3 is 0 Å². The first kappa shape index (κ1) is 21.1. The van der Waals surface area contributed by atoms with Gasteiger partial charge in [-0.05, 0) is 56.5 Å². The zero-order chi connectivity index (χ0) is 20.2. The van der Waals surface area contributed by atoms with E-state index in [1.807, 2.05) is 32.9 Å². The fourth-order valence-electron chi connectivity index (χ4n) is 2.68. The van der Waals surface area contributed by atoms with E-state index in [4.69, 9.17) is 0 Å². The Bertz CT molecular complexity index is 929. The Hall–Kier alpha value is -2.25. The van der Waals surface area contributed by atoms with Crippen LogP contribution in [0.3, 0.4) is 0 Å². The predicted molar refractivity (Wildman–Crippen MR) is 105 cm³/mol. The third kappa shape index (κ3) is 4.73. The normalized spacial score (nSPS) is 12.8. The summed E-state index contributed by atoms with van der Waals surface area (Å²) in [6, 6.07) is 10.2. The molecule has 0 aromatic heterocycles. The lowest BCUT2D eigenvalue weighted by Gasteiger charge is -2.27. The molecule has 146 valence electrons. The van der Waals surface area contributed by atoms with Crippen molar-refractivity contribution < 1.29 is 17.6 Å². The molecule has 2 aromatic carbocycles.